The number of anilines is 1. The minimum absolute atomic E-state index is 0.294. The lowest BCUT2D eigenvalue weighted by Crippen LogP contribution is -2.10. The van der Waals surface area contributed by atoms with Gasteiger partial charge in [-0.2, -0.15) is 0 Å². The second-order valence-corrected chi connectivity index (χ2v) is 9.91. The highest BCUT2D eigenvalue weighted by Gasteiger charge is 2.17. The van der Waals surface area contributed by atoms with Crippen LogP contribution in [0, 0.1) is 27.7 Å². The predicted molar refractivity (Wildman–Crippen MR) is 130 cm³/mol. The molecule has 0 radical (unpaired) electrons. The molecule has 31 heavy (non-hydrogen) atoms. The summed E-state index contributed by atoms with van der Waals surface area (Å²) in [5.74, 6) is -0.933. The number of rotatable bonds is 5. The van der Waals surface area contributed by atoms with E-state index in [-0.39, 0.29) is 0 Å². The van der Waals surface area contributed by atoms with Gasteiger partial charge in [-0.25, -0.2) is 9.00 Å². The average molecular weight is 450 g/mol. The molecule has 1 atom stereocenters. The first-order valence-corrected chi connectivity index (χ1v) is 11.8. The zero-order chi connectivity index (χ0) is 22.3. The summed E-state index contributed by atoms with van der Waals surface area (Å²) < 4.78 is 16.7. The third-order valence-corrected chi connectivity index (χ3v) is 8.16. The maximum Gasteiger partial charge on any atom is 0.345 e. The van der Waals surface area contributed by atoms with Crippen molar-refractivity contribution in [1.82, 2.24) is 0 Å². The van der Waals surface area contributed by atoms with Crippen molar-refractivity contribution < 1.29 is 14.1 Å². The molecule has 4 rings (SSSR count). The van der Waals surface area contributed by atoms with Crippen LogP contribution in [0.3, 0.4) is 0 Å². The van der Waals surface area contributed by atoms with Gasteiger partial charge in [0.1, 0.15) is 4.88 Å². The van der Waals surface area contributed by atoms with Gasteiger partial charge in [0.2, 0.25) is 0 Å². The van der Waals surface area contributed by atoms with Crippen molar-refractivity contribution in [2.24, 2.45) is 0 Å². The van der Waals surface area contributed by atoms with Crippen LogP contribution < -0.4 is 4.72 Å². The Morgan fingerprint density at radius 2 is 1.61 bits per heavy atom. The summed E-state index contributed by atoms with van der Waals surface area (Å²) in [4.78, 5) is 13.3. The smallest absolute Gasteiger partial charge is 0.345 e. The number of nitrogens with one attached hydrogen (secondary N) is 1. The van der Waals surface area contributed by atoms with Crippen LogP contribution in [0.25, 0.3) is 21.2 Å². The van der Waals surface area contributed by atoms with Crippen molar-refractivity contribution in [3.8, 4) is 10.4 Å². The Bertz CT molecular complexity index is 1330. The molecular weight excluding hydrogens is 426 g/mol. The zero-order valence-electron chi connectivity index (χ0n) is 17.8. The molecule has 0 amide bonds. The third kappa shape index (κ3) is 4.01. The van der Waals surface area contributed by atoms with E-state index in [2.05, 4.69) is 10.8 Å². The Labute approximate surface area is 188 Å². The molecular formula is C25H23NO3S2. The Morgan fingerprint density at radius 3 is 2.26 bits per heavy atom. The summed E-state index contributed by atoms with van der Waals surface area (Å²) in [7, 11) is -1.44. The highest BCUT2D eigenvalue weighted by molar-refractivity contribution is 7.86. The number of carboxylic acids is 1. The lowest BCUT2D eigenvalue weighted by molar-refractivity contribution is 0.0702. The van der Waals surface area contributed by atoms with Crippen LogP contribution in [0.1, 0.15) is 31.9 Å². The molecule has 0 fully saturated rings. The number of hydrogen-bond donors (Lipinski definition) is 2. The fourth-order valence-electron chi connectivity index (χ4n) is 3.75. The number of benzene rings is 3. The van der Waals surface area contributed by atoms with Crippen molar-refractivity contribution >= 4 is 44.8 Å². The highest BCUT2D eigenvalue weighted by Crippen LogP contribution is 2.36. The second-order valence-electron chi connectivity index (χ2n) is 7.67. The number of carboxylic acid groups (broad SMARTS) is 1. The molecule has 4 nitrogen and oxygen atoms in total. The maximum atomic E-state index is 13.5. The van der Waals surface area contributed by atoms with E-state index in [9.17, 15) is 14.1 Å². The molecule has 6 heteroatoms. The van der Waals surface area contributed by atoms with Crippen LogP contribution in [-0.2, 0) is 11.0 Å². The number of fused-ring (bicyclic) bond motifs is 1. The normalized spacial score (nSPS) is 12.1. The Morgan fingerprint density at radius 1 is 0.935 bits per heavy atom. The lowest BCUT2D eigenvalue weighted by Gasteiger charge is -2.17. The van der Waals surface area contributed by atoms with Crippen LogP contribution >= 0.6 is 11.3 Å². The monoisotopic (exact) mass is 449 g/mol. The summed E-state index contributed by atoms with van der Waals surface area (Å²) >= 11 is 1.23. The average Bonchev–Trinajstić information content (AvgIpc) is 3.23. The highest BCUT2D eigenvalue weighted by atomic mass is 32.2. The first-order chi connectivity index (χ1) is 14.8. The van der Waals surface area contributed by atoms with E-state index in [0.29, 0.717) is 4.88 Å². The van der Waals surface area contributed by atoms with Crippen molar-refractivity contribution in [3.63, 3.8) is 0 Å². The van der Waals surface area contributed by atoms with Gasteiger partial charge in [0.15, 0.2) is 11.0 Å². The molecule has 1 unspecified atom stereocenters. The summed E-state index contributed by atoms with van der Waals surface area (Å²) in [6.07, 6.45) is 0. The largest absolute Gasteiger partial charge is 0.477 e. The third-order valence-electron chi connectivity index (χ3n) is 5.65. The minimum Gasteiger partial charge on any atom is -0.477 e. The number of carbonyl (C=O) groups is 1. The van der Waals surface area contributed by atoms with Gasteiger partial charge in [-0.05, 0) is 85.2 Å². The lowest BCUT2D eigenvalue weighted by atomic mass is 10.0. The molecule has 4 aromatic rings. The molecule has 0 aliphatic rings. The Balaban J connectivity index is 1.82. The van der Waals surface area contributed by atoms with Crippen LogP contribution in [0.5, 0.6) is 0 Å². The predicted octanol–water partition coefficient (Wildman–Crippen LogP) is 6.63. The first kappa shape index (κ1) is 21.3. The summed E-state index contributed by atoms with van der Waals surface area (Å²) in [6.45, 7) is 8.08. The van der Waals surface area contributed by atoms with E-state index in [1.165, 1.54) is 11.3 Å². The van der Waals surface area contributed by atoms with Gasteiger partial charge in [0, 0.05) is 10.3 Å². The van der Waals surface area contributed by atoms with Crippen molar-refractivity contribution in [1.29, 1.82) is 0 Å². The van der Waals surface area contributed by atoms with E-state index in [1.807, 2.05) is 70.2 Å². The molecule has 0 spiro atoms. The van der Waals surface area contributed by atoms with Crippen LogP contribution in [0.4, 0.5) is 5.69 Å². The Kier molecular flexibility index (Phi) is 5.69. The standard InChI is InChI=1S/C25H23NO3S2/c1-14-11-15(2)17(4)24(16(14)3)31(29)26-21-13-19(12-18-7-5-6-8-20(18)21)22-9-10-23(30-22)25(27)28/h5-13,26H,1-4H3,(H,27,28). The number of thiophene rings is 1. The molecule has 1 aromatic heterocycles. The van der Waals surface area contributed by atoms with Gasteiger partial charge >= 0.3 is 5.97 Å². The number of aryl methyl sites for hydroxylation is 2. The molecule has 3 aromatic carbocycles. The fraction of sp³-hybridized carbons (Fsp3) is 0.160. The fourth-order valence-corrected chi connectivity index (χ4v) is 5.94. The SMILES string of the molecule is Cc1cc(C)c(C)c(S(=O)Nc2cc(-c3ccc(C(=O)O)s3)cc3ccccc23)c1C. The van der Waals surface area contributed by atoms with Gasteiger partial charge < -0.3 is 9.83 Å². The van der Waals surface area contributed by atoms with E-state index < -0.39 is 17.0 Å². The van der Waals surface area contributed by atoms with E-state index in [0.717, 1.165) is 54.0 Å². The molecule has 0 saturated carbocycles. The Hall–Kier alpha value is -2.96. The summed E-state index contributed by atoms with van der Waals surface area (Å²) in [6, 6.07) is 17.5. The summed E-state index contributed by atoms with van der Waals surface area (Å²) in [5, 5.41) is 11.2. The number of aromatic carboxylic acids is 1. The quantitative estimate of drug-likeness (QED) is 0.359. The molecule has 0 saturated heterocycles. The van der Waals surface area contributed by atoms with Gasteiger partial charge in [-0.1, -0.05) is 30.3 Å². The van der Waals surface area contributed by atoms with Crippen molar-refractivity contribution in [2.45, 2.75) is 32.6 Å². The molecule has 2 N–H and O–H groups in total. The topological polar surface area (TPSA) is 66.4 Å². The van der Waals surface area contributed by atoms with E-state index >= 15 is 0 Å². The summed E-state index contributed by atoms with van der Waals surface area (Å²) in [5.41, 5.74) is 5.94. The van der Waals surface area contributed by atoms with Gasteiger partial charge in [0.25, 0.3) is 0 Å². The molecule has 158 valence electrons. The maximum absolute atomic E-state index is 13.5. The van der Waals surface area contributed by atoms with Crippen molar-refractivity contribution in [3.05, 3.63) is 81.7 Å². The molecule has 1 heterocycles. The number of hydrogen-bond acceptors (Lipinski definition) is 3. The van der Waals surface area contributed by atoms with E-state index in [1.54, 1.807) is 6.07 Å². The van der Waals surface area contributed by atoms with Gasteiger partial charge in [0.05, 0.1) is 10.6 Å². The molecule has 0 aliphatic heterocycles. The van der Waals surface area contributed by atoms with Crippen LogP contribution in [0.2, 0.25) is 0 Å². The van der Waals surface area contributed by atoms with E-state index in [4.69, 9.17) is 0 Å². The second kappa shape index (κ2) is 8.29. The molecule has 0 bridgehead atoms. The molecule has 0 aliphatic carbocycles. The van der Waals surface area contributed by atoms with Crippen molar-refractivity contribution in [2.75, 3.05) is 4.72 Å². The minimum atomic E-state index is -1.44. The van der Waals surface area contributed by atoms with Gasteiger partial charge in [-0.3, -0.25) is 0 Å². The van der Waals surface area contributed by atoms with Gasteiger partial charge in [-0.15, -0.1) is 11.3 Å². The first-order valence-electron chi connectivity index (χ1n) is 9.88. The van der Waals surface area contributed by atoms with Crippen LogP contribution in [0.15, 0.2) is 59.5 Å². The van der Waals surface area contributed by atoms with Crippen LogP contribution in [-0.4, -0.2) is 15.3 Å². The zero-order valence-corrected chi connectivity index (χ0v) is 19.4.